The minimum absolute atomic E-state index is 0.0348. The molecule has 0 aliphatic heterocycles. The summed E-state index contributed by atoms with van der Waals surface area (Å²) in [7, 11) is -2.24. The van der Waals surface area contributed by atoms with Crippen LogP contribution in [0.25, 0.3) is 11.3 Å². The molecular formula is C20H17N3O4S2. The zero-order valence-electron chi connectivity index (χ0n) is 15.4. The van der Waals surface area contributed by atoms with Crippen LogP contribution in [-0.4, -0.2) is 25.7 Å². The van der Waals surface area contributed by atoms with E-state index in [1.807, 2.05) is 24.3 Å². The summed E-state index contributed by atoms with van der Waals surface area (Å²) in [6.07, 6.45) is 1.56. The molecule has 7 nitrogen and oxygen atoms in total. The fraction of sp³-hybridized carbons (Fsp3) is 0.100. The van der Waals surface area contributed by atoms with Crippen molar-refractivity contribution in [2.45, 2.75) is 11.4 Å². The number of hydrogen-bond acceptors (Lipinski definition) is 7. The maximum Gasteiger partial charge on any atom is 0.266 e. The topological polar surface area (TPSA) is 85.5 Å². The summed E-state index contributed by atoms with van der Waals surface area (Å²) in [5.74, 6) is 1.04. The Kier molecular flexibility index (Phi) is 5.32. The van der Waals surface area contributed by atoms with Crippen LogP contribution >= 0.6 is 11.3 Å². The molecule has 0 saturated carbocycles. The highest BCUT2D eigenvalue weighted by atomic mass is 32.2. The van der Waals surface area contributed by atoms with Gasteiger partial charge in [0.15, 0.2) is 10.9 Å². The van der Waals surface area contributed by atoms with E-state index in [2.05, 4.69) is 10.1 Å². The molecule has 2 aromatic heterocycles. The zero-order chi connectivity index (χ0) is 20.3. The van der Waals surface area contributed by atoms with E-state index in [0.29, 0.717) is 22.3 Å². The van der Waals surface area contributed by atoms with Gasteiger partial charge in [-0.1, -0.05) is 35.5 Å². The summed E-state index contributed by atoms with van der Waals surface area (Å²) in [6, 6.07) is 17.4. The molecule has 2 heterocycles. The van der Waals surface area contributed by atoms with Crippen LogP contribution in [0.3, 0.4) is 0 Å². The molecule has 148 valence electrons. The van der Waals surface area contributed by atoms with Gasteiger partial charge in [0.25, 0.3) is 10.0 Å². The Balaban J connectivity index is 1.69. The summed E-state index contributed by atoms with van der Waals surface area (Å²) in [4.78, 5) is 4.36. The summed E-state index contributed by atoms with van der Waals surface area (Å²) < 4.78 is 38.5. The van der Waals surface area contributed by atoms with Crippen molar-refractivity contribution in [1.82, 2.24) is 10.1 Å². The van der Waals surface area contributed by atoms with Gasteiger partial charge in [0.2, 0.25) is 0 Å². The van der Waals surface area contributed by atoms with Gasteiger partial charge in [-0.25, -0.2) is 17.7 Å². The Morgan fingerprint density at radius 2 is 1.86 bits per heavy atom. The molecule has 0 saturated heterocycles. The van der Waals surface area contributed by atoms with Gasteiger partial charge >= 0.3 is 0 Å². The Bertz CT molecular complexity index is 1190. The molecule has 0 aliphatic rings. The van der Waals surface area contributed by atoms with E-state index < -0.39 is 10.0 Å². The lowest BCUT2D eigenvalue weighted by Crippen LogP contribution is -2.30. The molecule has 9 heteroatoms. The molecule has 29 heavy (non-hydrogen) atoms. The van der Waals surface area contributed by atoms with Crippen molar-refractivity contribution < 1.29 is 17.7 Å². The first-order valence-corrected chi connectivity index (χ1v) is 11.0. The number of nitrogens with zero attached hydrogens (tertiary/aromatic N) is 3. The molecule has 0 bridgehead atoms. The van der Waals surface area contributed by atoms with E-state index in [1.54, 1.807) is 55.1 Å². The summed E-state index contributed by atoms with van der Waals surface area (Å²) in [5, 5.41) is 6.17. The number of hydrogen-bond donors (Lipinski definition) is 0. The van der Waals surface area contributed by atoms with Gasteiger partial charge in [-0.3, -0.25) is 0 Å². The number of para-hydroxylation sites is 1. The second kappa shape index (κ2) is 8.06. The lowest BCUT2D eigenvalue weighted by atomic mass is 10.1. The van der Waals surface area contributed by atoms with E-state index in [-0.39, 0.29) is 11.4 Å². The van der Waals surface area contributed by atoms with Crippen molar-refractivity contribution in [1.29, 1.82) is 0 Å². The largest absolute Gasteiger partial charge is 0.496 e. The SMILES string of the molecule is COc1ccccc1-c1cc(CN(c2nccs2)S(=O)(=O)c2ccccc2)on1. The van der Waals surface area contributed by atoms with Crippen LogP contribution in [0.1, 0.15) is 5.76 Å². The Morgan fingerprint density at radius 1 is 1.10 bits per heavy atom. The maximum absolute atomic E-state index is 13.2. The van der Waals surface area contributed by atoms with Crippen molar-refractivity contribution >= 4 is 26.5 Å². The highest BCUT2D eigenvalue weighted by molar-refractivity contribution is 7.93. The van der Waals surface area contributed by atoms with Gasteiger partial charge < -0.3 is 9.26 Å². The van der Waals surface area contributed by atoms with E-state index in [0.717, 1.165) is 5.56 Å². The van der Waals surface area contributed by atoms with Crippen molar-refractivity contribution in [3.05, 3.63) is 78.0 Å². The van der Waals surface area contributed by atoms with Crippen LogP contribution < -0.4 is 9.04 Å². The molecule has 0 fully saturated rings. The predicted molar refractivity (Wildman–Crippen MR) is 110 cm³/mol. The third-order valence-corrected chi connectivity index (χ3v) is 6.87. The van der Waals surface area contributed by atoms with Crippen LogP contribution in [0, 0.1) is 0 Å². The van der Waals surface area contributed by atoms with Gasteiger partial charge in [-0.2, -0.15) is 0 Å². The number of aromatic nitrogens is 2. The normalized spacial score (nSPS) is 11.3. The number of sulfonamides is 1. The van der Waals surface area contributed by atoms with Gasteiger partial charge in [-0.15, -0.1) is 11.3 Å². The molecule has 0 N–H and O–H groups in total. The van der Waals surface area contributed by atoms with Crippen LogP contribution in [0.4, 0.5) is 5.13 Å². The average Bonchev–Trinajstić information content (AvgIpc) is 3.44. The van der Waals surface area contributed by atoms with E-state index in [9.17, 15) is 8.42 Å². The summed E-state index contributed by atoms with van der Waals surface area (Å²) in [5.41, 5.74) is 1.32. The minimum atomic E-state index is -3.82. The van der Waals surface area contributed by atoms with Crippen LogP contribution in [-0.2, 0) is 16.6 Å². The van der Waals surface area contributed by atoms with E-state index in [1.165, 1.54) is 15.6 Å². The number of rotatable bonds is 7. The van der Waals surface area contributed by atoms with Crippen molar-refractivity contribution in [2.24, 2.45) is 0 Å². The predicted octanol–water partition coefficient (Wildman–Crippen LogP) is 4.20. The molecule has 0 unspecified atom stereocenters. The third-order valence-electron chi connectivity index (χ3n) is 4.21. The highest BCUT2D eigenvalue weighted by Crippen LogP contribution is 2.31. The zero-order valence-corrected chi connectivity index (χ0v) is 17.1. The molecule has 4 aromatic rings. The maximum atomic E-state index is 13.2. The first kappa shape index (κ1) is 19.2. The molecule has 0 aliphatic carbocycles. The van der Waals surface area contributed by atoms with Crippen molar-refractivity contribution in [3.8, 4) is 17.0 Å². The second-order valence-corrected chi connectivity index (χ2v) is 8.75. The van der Waals surface area contributed by atoms with Crippen LogP contribution in [0.15, 0.2) is 81.7 Å². The van der Waals surface area contributed by atoms with Crippen LogP contribution in [0.2, 0.25) is 0 Å². The Labute approximate surface area is 172 Å². The molecule has 2 aromatic carbocycles. The van der Waals surface area contributed by atoms with Gasteiger partial charge in [0, 0.05) is 23.2 Å². The molecule has 0 atom stereocenters. The number of benzene rings is 2. The molecular weight excluding hydrogens is 410 g/mol. The van der Waals surface area contributed by atoms with Gasteiger partial charge in [-0.05, 0) is 24.3 Å². The molecule has 0 amide bonds. The molecule has 0 radical (unpaired) electrons. The second-order valence-electron chi connectivity index (χ2n) is 6.02. The smallest absolute Gasteiger partial charge is 0.266 e. The fourth-order valence-electron chi connectivity index (χ4n) is 2.83. The summed E-state index contributed by atoms with van der Waals surface area (Å²) >= 11 is 1.23. The monoisotopic (exact) mass is 427 g/mol. The Hall–Kier alpha value is -3.17. The van der Waals surface area contributed by atoms with Crippen LogP contribution in [0.5, 0.6) is 5.75 Å². The fourth-order valence-corrected chi connectivity index (χ4v) is 5.10. The van der Waals surface area contributed by atoms with Crippen molar-refractivity contribution in [2.75, 3.05) is 11.4 Å². The highest BCUT2D eigenvalue weighted by Gasteiger charge is 2.28. The van der Waals surface area contributed by atoms with Gasteiger partial charge in [0.1, 0.15) is 11.4 Å². The lowest BCUT2D eigenvalue weighted by Gasteiger charge is -2.20. The molecule has 4 rings (SSSR count). The Morgan fingerprint density at radius 3 is 2.59 bits per heavy atom. The number of methoxy groups -OCH3 is 1. The third kappa shape index (κ3) is 3.87. The lowest BCUT2D eigenvalue weighted by molar-refractivity contribution is 0.385. The number of ether oxygens (including phenoxy) is 1. The minimum Gasteiger partial charge on any atom is -0.496 e. The summed E-state index contributed by atoms with van der Waals surface area (Å²) in [6.45, 7) is -0.0348. The standard InChI is InChI=1S/C20H17N3O4S2/c1-26-19-10-6-5-9-17(19)18-13-15(27-22-18)14-23(20-21-11-12-28-20)29(24,25)16-7-3-2-4-8-16/h2-13H,14H2,1H3. The number of thiazole rings is 1. The first-order chi connectivity index (χ1) is 14.1. The average molecular weight is 428 g/mol. The molecule has 0 spiro atoms. The van der Waals surface area contributed by atoms with Gasteiger partial charge in [0.05, 0.1) is 18.6 Å². The van der Waals surface area contributed by atoms with E-state index >= 15 is 0 Å². The quantitative estimate of drug-likeness (QED) is 0.439. The first-order valence-electron chi connectivity index (χ1n) is 8.66. The number of anilines is 1. The van der Waals surface area contributed by atoms with Crippen molar-refractivity contribution in [3.63, 3.8) is 0 Å². The van der Waals surface area contributed by atoms with E-state index in [4.69, 9.17) is 9.26 Å².